The van der Waals surface area contributed by atoms with Gasteiger partial charge in [0.1, 0.15) is 0 Å². The number of thiophene rings is 2. The average Bonchev–Trinajstić information content (AvgIpc) is 4.11. The molecule has 7 aromatic carbocycles. The van der Waals surface area contributed by atoms with Gasteiger partial charge < -0.3 is 18.3 Å². The molecule has 0 saturated carbocycles. The summed E-state index contributed by atoms with van der Waals surface area (Å²) in [6.07, 6.45) is 0. The van der Waals surface area contributed by atoms with Crippen molar-refractivity contribution in [3.05, 3.63) is 146 Å². The van der Waals surface area contributed by atoms with Crippen molar-refractivity contribution in [2.75, 3.05) is 0 Å². The van der Waals surface area contributed by atoms with Crippen LogP contribution in [0.25, 0.3) is 107 Å². The van der Waals surface area contributed by atoms with E-state index in [-0.39, 0.29) is 13.4 Å². The van der Waals surface area contributed by atoms with Gasteiger partial charge in [0.15, 0.2) is 0 Å². The SMILES string of the molecule is c1ccc2c(c1)c1cccc3c1n2-c1sc2c4ccccc4n4c2c1B3c1cc2c(cc1-4)B1c3cccc4c5ccccc5n(c34)-c3sc4c5ccccc5n-2c4c31. The molecule has 4 nitrogen and oxygen atoms in total. The van der Waals surface area contributed by atoms with Gasteiger partial charge in [0.05, 0.1) is 63.5 Å². The van der Waals surface area contributed by atoms with E-state index < -0.39 is 0 Å². The summed E-state index contributed by atoms with van der Waals surface area (Å²) in [5.41, 5.74) is 21.8. The molecule has 0 saturated heterocycles. The molecule has 10 heterocycles. The van der Waals surface area contributed by atoms with E-state index >= 15 is 0 Å². The molecule has 8 heteroatoms. The minimum Gasteiger partial charge on any atom is -0.309 e. The fraction of sp³-hybridized carbons (Fsp3) is 0. The van der Waals surface area contributed by atoms with E-state index in [2.05, 4.69) is 164 Å². The van der Waals surface area contributed by atoms with Crippen LogP contribution < -0.4 is 32.8 Å². The first-order valence-corrected chi connectivity index (χ1v) is 21.8. The molecule has 0 N–H and O–H groups in total. The van der Waals surface area contributed by atoms with Crippen molar-refractivity contribution in [3.8, 4) is 21.4 Å². The number of para-hydroxylation sites is 6. The van der Waals surface area contributed by atoms with Crippen LogP contribution >= 0.6 is 22.7 Å². The van der Waals surface area contributed by atoms with Gasteiger partial charge in [-0.25, -0.2) is 0 Å². The molecule has 0 spiro atoms. The molecule has 0 unspecified atom stereocenters. The molecular formula is C50H24B2N4S2. The number of fused-ring (bicyclic) bond motifs is 22. The number of hydrogen-bond acceptors (Lipinski definition) is 2. The Bertz CT molecular complexity index is 3910. The number of benzene rings is 7. The van der Waals surface area contributed by atoms with Crippen LogP contribution in [0.15, 0.2) is 146 Å². The van der Waals surface area contributed by atoms with Crippen LogP contribution in [-0.4, -0.2) is 31.7 Å². The van der Waals surface area contributed by atoms with Gasteiger partial charge in [0, 0.05) is 43.7 Å². The normalized spacial score (nSPS) is 14.1. The van der Waals surface area contributed by atoms with Crippen molar-refractivity contribution in [1.82, 2.24) is 18.3 Å². The summed E-state index contributed by atoms with van der Waals surface area (Å²) in [5.74, 6) is 0. The van der Waals surface area contributed by atoms with Crippen LogP contribution in [0.1, 0.15) is 0 Å². The molecular weight excluding hydrogens is 742 g/mol. The lowest BCUT2D eigenvalue weighted by atomic mass is 9.32. The number of aromatic nitrogens is 4. The molecule has 0 fully saturated rings. The number of nitrogens with zero attached hydrogens (tertiary/aromatic N) is 4. The minimum atomic E-state index is 0.107. The largest absolute Gasteiger partial charge is 0.309 e. The standard InChI is InChI=1S/C50H24B2N4S2/c1-5-19-35-25(11-1)27-15-9-17-31-43(27)55(35)49-41-45-47(57-49)29-13-3-7-21-37(29)53(45)39-24-34-40(23-33(39)51(31)41)54-38-22-8-4-14-30(38)48-46(54)42-50(58-48)56-36-20-6-2-12-26(36)28-16-10-18-32(44(28)56)52(34)42/h1-24H. The van der Waals surface area contributed by atoms with E-state index in [0.29, 0.717) is 0 Å². The minimum absolute atomic E-state index is 0.107. The van der Waals surface area contributed by atoms with Gasteiger partial charge in [-0.2, -0.15) is 0 Å². The average molecular weight is 767 g/mol. The molecule has 262 valence electrons. The van der Waals surface area contributed by atoms with Crippen LogP contribution in [0.4, 0.5) is 0 Å². The van der Waals surface area contributed by atoms with Crippen LogP contribution in [0.3, 0.4) is 0 Å². The maximum absolute atomic E-state index is 2.65. The Morgan fingerprint density at radius 3 is 1.16 bits per heavy atom. The molecule has 4 aliphatic rings. The van der Waals surface area contributed by atoms with Gasteiger partial charge in [0.25, 0.3) is 13.4 Å². The van der Waals surface area contributed by atoms with Crippen LogP contribution in [0, 0.1) is 0 Å². The summed E-state index contributed by atoms with van der Waals surface area (Å²) >= 11 is 3.97. The first kappa shape index (κ1) is 28.6. The Morgan fingerprint density at radius 2 is 0.707 bits per heavy atom. The molecule has 0 radical (unpaired) electrons. The van der Waals surface area contributed by atoms with Crippen molar-refractivity contribution in [2.45, 2.75) is 0 Å². The molecule has 58 heavy (non-hydrogen) atoms. The summed E-state index contributed by atoms with van der Waals surface area (Å²) in [6.45, 7) is 0.214. The highest BCUT2D eigenvalue weighted by Gasteiger charge is 2.47. The topological polar surface area (TPSA) is 19.7 Å². The quantitative estimate of drug-likeness (QED) is 0.138. The van der Waals surface area contributed by atoms with Crippen molar-refractivity contribution >= 4 is 155 Å². The Hall–Kier alpha value is -6.73. The van der Waals surface area contributed by atoms with E-state index in [1.54, 1.807) is 0 Å². The zero-order valence-corrected chi connectivity index (χ0v) is 32.2. The summed E-state index contributed by atoms with van der Waals surface area (Å²) in [6, 6.07) is 55.7. The summed E-state index contributed by atoms with van der Waals surface area (Å²) in [5, 5.41) is 10.8. The summed E-state index contributed by atoms with van der Waals surface area (Å²) in [4.78, 5) is 0. The highest BCUT2D eigenvalue weighted by atomic mass is 32.1. The van der Waals surface area contributed by atoms with E-state index in [9.17, 15) is 0 Å². The zero-order valence-electron chi connectivity index (χ0n) is 30.6. The molecule has 0 bridgehead atoms. The van der Waals surface area contributed by atoms with Gasteiger partial charge in [-0.15, -0.1) is 22.7 Å². The molecule has 6 aromatic heterocycles. The lowest BCUT2D eigenvalue weighted by Crippen LogP contribution is -2.62. The molecule has 0 amide bonds. The van der Waals surface area contributed by atoms with Crippen molar-refractivity contribution in [1.29, 1.82) is 0 Å². The predicted octanol–water partition coefficient (Wildman–Crippen LogP) is 8.48. The highest BCUT2D eigenvalue weighted by molar-refractivity contribution is 7.26. The number of rotatable bonds is 0. The monoisotopic (exact) mass is 766 g/mol. The second kappa shape index (κ2) is 9.18. The summed E-state index contributed by atoms with van der Waals surface area (Å²) < 4.78 is 13.3. The molecule has 0 atom stereocenters. The second-order valence-corrected chi connectivity index (χ2v) is 18.7. The van der Waals surface area contributed by atoms with Crippen LogP contribution in [0.2, 0.25) is 0 Å². The molecule has 13 aromatic rings. The number of hydrogen-bond donors (Lipinski definition) is 0. The summed E-state index contributed by atoms with van der Waals surface area (Å²) in [7, 11) is 0. The van der Waals surface area contributed by atoms with Gasteiger partial charge in [0.2, 0.25) is 0 Å². The van der Waals surface area contributed by atoms with Gasteiger partial charge in [-0.3, -0.25) is 0 Å². The zero-order chi connectivity index (χ0) is 36.9. The fourth-order valence-electron chi connectivity index (χ4n) is 12.4. The third kappa shape index (κ3) is 2.83. The first-order valence-electron chi connectivity index (χ1n) is 20.2. The van der Waals surface area contributed by atoms with E-state index in [0.717, 1.165) is 0 Å². The van der Waals surface area contributed by atoms with E-state index in [1.807, 2.05) is 22.7 Å². The van der Waals surface area contributed by atoms with Gasteiger partial charge in [-0.05, 0) is 69.2 Å². The maximum Gasteiger partial charge on any atom is 0.253 e. The first-order chi connectivity index (χ1) is 28.8. The lowest BCUT2D eigenvalue weighted by Gasteiger charge is -2.35. The Kier molecular flexibility index (Phi) is 4.53. The van der Waals surface area contributed by atoms with E-state index in [1.165, 1.54) is 140 Å². The van der Waals surface area contributed by atoms with Crippen molar-refractivity contribution < 1.29 is 0 Å². The molecule has 0 aliphatic carbocycles. The van der Waals surface area contributed by atoms with Crippen molar-refractivity contribution in [3.63, 3.8) is 0 Å². The molecule has 17 rings (SSSR count). The van der Waals surface area contributed by atoms with Gasteiger partial charge >= 0.3 is 0 Å². The maximum atomic E-state index is 2.65. The second-order valence-electron chi connectivity index (χ2n) is 16.7. The third-order valence-corrected chi connectivity index (χ3v) is 16.8. The molecule has 4 aliphatic heterocycles. The van der Waals surface area contributed by atoms with Crippen LogP contribution in [-0.2, 0) is 0 Å². The Balaban J connectivity index is 1.09. The Morgan fingerprint density at radius 1 is 0.328 bits per heavy atom. The lowest BCUT2D eigenvalue weighted by molar-refractivity contribution is 1.15. The Labute approximate surface area is 338 Å². The van der Waals surface area contributed by atoms with Crippen molar-refractivity contribution in [2.24, 2.45) is 0 Å². The fourth-order valence-corrected chi connectivity index (χ4v) is 15.1. The van der Waals surface area contributed by atoms with Crippen LogP contribution in [0.5, 0.6) is 0 Å². The predicted molar refractivity (Wildman–Crippen MR) is 249 cm³/mol. The third-order valence-electron chi connectivity index (χ3n) is 14.4. The smallest absolute Gasteiger partial charge is 0.253 e. The van der Waals surface area contributed by atoms with E-state index in [4.69, 9.17) is 0 Å². The van der Waals surface area contributed by atoms with Gasteiger partial charge in [-0.1, -0.05) is 109 Å². The highest BCUT2D eigenvalue weighted by Crippen LogP contribution is 2.47.